The van der Waals surface area contributed by atoms with Crippen LogP contribution in [0, 0.1) is 0 Å². The average Bonchev–Trinajstić information content (AvgIpc) is 2.33. The van der Waals surface area contributed by atoms with Crippen LogP contribution >= 0.6 is 15.9 Å². The van der Waals surface area contributed by atoms with Crippen LogP contribution < -0.4 is 10.5 Å². The van der Waals surface area contributed by atoms with Gasteiger partial charge in [0.1, 0.15) is 11.5 Å². The lowest BCUT2D eigenvalue weighted by Gasteiger charge is -2.07. The van der Waals surface area contributed by atoms with Gasteiger partial charge in [-0.05, 0) is 33.6 Å². The van der Waals surface area contributed by atoms with Crippen LogP contribution in [-0.2, 0) is 6.54 Å². The fourth-order valence-corrected chi connectivity index (χ4v) is 1.60. The number of rotatable bonds is 3. The van der Waals surface area contributed by atoms with E-state index in [-0.39, 0.29) is 0 Å². The minimum absolute atomic E-state index is 0.541. The lowest BCUT2D eigenvalue weighted by molar-refractivity contribution is 0.478. The minimum Gasteiger partial charge on any atom is -0.456 e. The van der Waals surface area contributed by atoms with Crippen molar-refractivity contribution < 1.29 is 4.74 Å². The summed E-state index contributed by atoms with van der Waals surface area (Å²) in [5.41, 5.74) is 6.60. The first-order valence-corrected chi connectivity index (χ1v) is 5.65. The second-order valence-electron chi connectivity index (χ2n) is 3.26. The van der Waals surface area contributed by atoms with Gasteiger partial charge in [-0.2, -0.15) is 0 Å². The monoisotopic (exact) mass is 278 g/mol. The second-order valence-corrected chi connectivity index (χ2v) is 4.11. The molecule has 0 spiro atoms. The first kappa shape index (κ1) is 11.1. The standard InChI is InChI=1S/C12H11BrN2O/c13-11-8-15-6-5-12(11)16-10-3-1-9(7-14)2-4-10/h1-6,8H,7,14H2. The third kappa shape index (κ3) is 2.59. The molecule has 0 saturated carbocycles. The lowest BCUT2D eigenvalue weighted by atomic mass is 10.2. The summed E-state index contributed by atoms with van der Waals surface area (Å²) in [6.07, 6.45) is 3.39. The molecule has 1 aromatic heterocycles. The van der Waals surface area contributed by atoms with Gasteiger partial charge in [-0.3, -0.25) is 4.98 Å². The topological polar surface area (TPSA) is 48.1 Å². The Morgan fingerprint density at radius 3 is 2.56 bits per heavy atom. The Morgan fingerprint density at radius 2 is 1.94 bits per heavy atom. The molecule has 0 aliphatic heterocycles. The third-order valence-corrected chi connectivity index (χ3v) is 2.72. The number of hydrogen-bond donors (Lipinski definition) is 1. The van der Waals surface area contributed by atoms with Crippen molar-refractivity contribution in [2.75, 3.05) is 0 Å². The summed E-state index contributed by atoms with van der Waals surface area (Å²) in [6, 6.07) is 9.50. The number of hydrogen-bond acceptors (Lipinski definition) is 3. The predicted molar refractivity (Wildman–Crippen MR) is 66.3 cm³/mol. The van der Waals surface area contributed by atoms with Crippen molar-refractivity contribution in [2.24, 2.45) is 5.73 Å². The van der Waals surface area contributed by atoms with Gasteiger partial charge in [-0.25, -0.2) is 0 Å². The number of aromatic nitrogens is 1. The van der Waals surface area contributed by atoms with Gasteiger partial charge in [-0.1, -0.05) is 12.1 Å². The van der Waals surface area contributed by atoms with E-state index in [4.69, 9.17) is 10.5 Å². The second kappa shape index (κ2) is 5.09. The van der Waals surface area contributed by atoms with Gasteiger partial charge < -0.3 is 10.5 Å². The average molecular weight is 279 g/mol. The van der Waals surface area contributed by atoms with Crippen LogP contribution in [0.1, 0.15) is 5.56 Å². The van der Waals surface area contributed by atoms with Crippen molar-refractivity contribution in [2.45, 2.75) is 6.54 Å². The van der Waals surface area contributed by atoms with Crippen molar-refractivity contribution in [3.8, 4) is 11.5 Å². The molecule has 1 aromatic carbocycles. The molecule has 0 saturated heterocycles. The Hall–Kier alpha value is -1.39. The first-order chi connectivity index (χ1) is 7.79. The molecule has 1 heterocycles. The lowest BCUT2D eigenvalue weighted by Crippen LogP contribution is -1.95. The zero-order chi connectivity index (χ0) is 11.4. The van der Waals surface area contributed by atoms with Crippen molar-refractivity contribution in [3.05, 3.63) is 52.8 Å². The van der Waals surface area contributed by atoms with Gasteiger partial charge in [-0.15, -0.1) is 0 Å². The molecule has 2 aromatic rings. The van der Waals surface area contributed by atoms with Gasteiger partial charge in [0.15, 0.2) is 0 Å². The van der Waals surface area contributed by atoms with Gasteiger partial charge in [0, 0.05) is 25.0 Å². The molecule has 0 amide bonds. The highest BCUT2D eigenvalue weighted by atomic mass is 79.9. The van der Waals surface area contributed by atoms with E-state index >= 15 is 0 Å². The van der Waals surface area contributed by atoms with Gasteiger partial charge in [0.25, 0.3) is 0 Å². The summed E-state index contributed by atoms with van der Waals surface area (Å²) < 4.78 is 6.51. The maximum absolute atomic E-state index is 5.68. The van der Waals surface area contributed by atoms with Gasteiger partial charge >= 0.3 is 0 Å². The molecule has 0 aliphatic rings. The zero-order valence-corrected chi connectivity index (χ0v) is 10.1. The summed E-state index contributed by atoms with van der Waals surface area (Å²) in [6.45, 7) is 0.541. The Balaban J connectivity index is 2.18. The van der Waals surface area contributed by atoms with Crippen molar-refractivity contribution in [3.63, 3.8) is 0 Å². The van der Waals surface area contributed by atoms with Gasteiger partial charge in [0.2, 0.25) is 0 Å². The molecule has 82 valence electrons. The normalized spacial score (nSPS) is 10.1. The van der Waals surface area contributed by atoms with Crippen LogP contribution in [0.2, 0.25) is 0 Å². The number of nitrogens with zero attached hydrogens (tertiary/aromatic N) is 1. The summed E-state index contributed by atoms with van der Waals surface area (Å²) in [5.74, 6) is 1.53. The Morgan fingerprint density at radius 1 is 1.19 bits per heavy atom. The minimum atomic E-state index is 0.541. The van der Waals surface area contributed by atoms with Crippen LogP contribution in [0.5, 0.6) is 11.5 Å². The van der Waals surface area contributed by atoms with E-state index in [1.165, 1.54) is 0 Å². The largest absolute Gasteiger partial charge is 0.456 e. The molecule has 4 heteroatoms. The number of halogens is 1. The molecule has 0 unspecified atom stereocenters. The summed E-state index contributed by atoms with van der Waals surface area (Å²) >= 11 is 3.37. The maximum Gasteiger partial charge on any atom is 0.144 e. The number of pyridine rings is 1. The van der Waals surface area contributed by atoms with Crippen LogP contribution in [-0.4, -0.2) is 4.98 Å². The van der Waals surface area contributed by atoms with E-state index in [9.17, 15) is 0 Å². The quantitative estimate of drug-likeness (QED) is 0.939. The molecule has 3 nitrogen and oxygen atoms in total. The van der Waals surface area contributed by atoms with E-state index in [1.807, 2.05) is 24.3 Å². The number of nitrogens with two attached hydrogens (primary N) is 1. The maximum atomic E-state index is 5.68. The summed E-state index contributed by atoms with van der Waals surface area (Å²) in [7, 11) is 0. The third-order valence-electron chi connectivity index (χ3n) is 2.12. The number of ether oxygens (including phenoxy) is 1. The summed E-state index contributed by atoms with van der Waals surface area (Å²) in [5, 5.41) is 0. The smallest absolute Gasteiger partial charge is 0.144 e. The molecule has 2 rings (SSSR count). The number of benzene rings is 1. The highest BCUT2D eigenvalue weighted by Crippen LogP contribution is 2.28. The molecule has 16 heavy (non-hydrogen) atoms. The van der Waals surface area contributed by atoms with Crippen molar-refractivity contribution >= 4 is 15.9 Å². The van der Waals surface area contributed by atoms with E-state index in [1.54, 1.807) is 18.5 Å². The fraction of sp³-hybridized carbons (Fsp3) is 0.0833. The van der Waals surface area contributed by atoms with E-state index < -0.39 is 0 Å². The molecular formula is C12H11BrN2O. The molecule has 0 fully saturated rings. The fourth-order valence-electron chi connectivity index (χ4n) is 1.27. The van der Waals surface area contributed by atoms with E-state index in [0.29, 0.717) is 6.54 Å². The van der Waals surface area contributed by atoms with Crippen molar-refractivity contribution in [1.29, 1.82) is 0 Å². The van der Waals surface area contributed by atoms with Crippen LogP contribution in [0.3, 0.4) is 0 Å². The van der Waals surface area contributed by atoms with Crippen LogP contribution in [0.25, 0.3) is 0 Å². The van der Waals surface area contributed by atoms with Crippen LogP contribution in [0.15, 0.2) is 47.2 Å². The Labute approximate surface area is 102 Å². The highest BCUT2D eigenvalue weighted by molar-refractivity contribution is 9.10. The predicted octanol–water partition coefficient (Wildman–Crippen LogP) is 3.10. The van der Waals surface area contributed by atoms with E-state index in [2.05, 4.69) is 20.9 Å². The molecule has 0 aliphatic carbocycles. The van der Waals surface area contributed by atoms with Crippen LogP contribution in [0.4, 0.5) is 0 Å². The first-order valence-electron chi connectivity index (χ1n) is 4.86. The van der Waals surface area contributed by atoms with Gasteiger partial charge in [0.05, 0.1) is 4.47 Å². The van der Waals surface area contributed by atoms with E-state index in [0.717, 1.165) is 21.5 Å². The molecule has 0 bridgehead atoms. The molecular weight excluding hydrogens is 268 g/mol. The molecule has 2 N–H and O–H groups in total. The summed E-state index contributed by atoms with van der Waals surface area (Å²) in [4.78, 5) is 3.97. The molecule has 0 atom stereocenters. The Bertz CT molecular complexity index is 471. The SMILES string of the molecule is NCc1ccc(Oc2ccncc2Br)cc1. The highest BCUT2D eigenvalue weighted by Gasteiger charge is 2.01. The Kier molecular flexibility index (Phi) is 3.54. The van der Waals surface area contributed by atoms with Crippen molar-refractivity contribution in [1.82, 2.24) is 4.98 Å². The zero-order valence-electron chi connectivity index (χ0n) is 8.56. The molecule has 0 radical (unpaired) electrons.